The molecule has 2 saturated heterocycles. The summed E-state index contributed by atoms with van der Waals surface area (Å²) in [4.78, 5) is 31.8. The Bertz CT molecular complexity index is 581. The first-order valence-corrected chi connectivity index (χ1v) is 7.47. The lowest BCUT2D eigenvalue weighted by Crippen LogP contribution is -2.56. The van der Waals surface area contributed by atoms with Crippen LogP contribution in [0.3, 0.4) is 0 Å². The molecule has 0 aromatic carbocycles. The highest BCUT2D eigenvalue weighted by molar-refractivity contribution is 5.84. The first-order valence-electron chi connectivity index (χ1n) is 7.47. The summed E-state index contributed by atoms with van der Waals surface area (Å²) in [5.74, 6) is 1.32. The zero-order valence-electron chi connectivity index (χ0n) is 13.1. The molecular weight excluding hydrogens is 286 g/mol. The summed E-state index contributed by atoms with van der Waals surface area (Å²) in [6, 6.07) is -0.159. The van der Waals surface area contributed by atoms with Crippen LogP contribution in [-0.4, -0.2) is 69.6 Å². The van der Waals surface area contributed by atoms with E-state index in [0.717, 1.165) is 5.82 Å². The number of H-pyrrole nitrogens is 1. The van der Waals surface area contributed by atoms with Crippen molar-refractivity contribution in [3.8, 4) is 0 Å². The normalized spacial score (nSPS) is 25.4. The van der Waals surface area contributed by atoms with Crippen LogP contribution in [0.4, 0.5) is 0 Å². The van der Waals surface area contributed by atoms with Gasteiger partial charge in [0.25, 0.3) is 0 Å². The Morgan fingerprint density at radius 3 is 2.59 bits per heavy atom. The molecule has 0 spiro atoms. The third-order valence-electron chi connectivity index (χ3n) is 4.47. The van der Waals surface area contributed by atoms with Crippen molar-refractivity contribution in [2.24, 2.45) is 5.92 Å². The van der Waals surface area contributed by atoms with E-state index in [4.69, 9.17) is 4.74 Å². The molecule has 8 nitrogen and oxygen atoms in total. The number of rotatable bonds is 3. The smallest absolute Gasteiger partial charge is 0.229 e. The lowest BCUT2D eigenvalue weighted by Gasteiger charge is -2.40. The molecule has 120 valence electrons. The summed E-state index contributed by atoms with van der Waals surface area (Å²) >= 11 is 0. The Balaban J connectivity index is 1.72. The van der Waals surface area contributed by atoms with Gasteiger partial charge in [-0.05, 0) is 6.92 Å². The maximum Gasteiger partial charge on any atom is 0.229 e. The molecule has 0 aliphatic carbocycles. The lowest BCUT2D eigenvalue weighted by molar-refractivity contribution is -0.148. The topological polar surface area (TPSA) is 91.4 Å². The molecule has 0 unspecified atom stereocenters. The molecule has 0 saturated carbocycles. The van der Waals surface area contributed by atoms with E-state index in [-0.39, 0.29) is 29.9 Å². The van der Waals surface area contributed by atoms with E-state index in [2.05, 4.69) is 15.2 Å². The SMILES string of the molecule is CO[C@@H]1C[C@@H](c2n[nH]c(C)n2)N(C(=O)C2CN(C(C)=O)C2)C1. The van der Waals surface area contributed by atoms with Gasteiger partial charge < -0.3 is 14.5 Å². The summed E-state index contributed by atoms with van der Waals surface area (Å²) in [6.45, 7) is 4.91. The van der Waals surface area contributed by atoms with Crippen LogP contribution in [0.15, 0.2) is 0 Å². The van der Waals surface area contributed by atoms with Gasteiger partial charge in [-0.25, -0.2) is 4.98 Å². The molecule has 1 N–H and O–H groups in total. The van der Waals surface area contributed by atoms with E-state index in [1.54, 1.807) is 16.9 Å². The second kappa shape index (κ2) is 5.68. The number of aromatic amines is 1. The highest BCUT2D eigenvalue weighted by Crippen LogP contribution is 2.34. The van der Waals surface area contributed by atoms with Crippen LogP contribution < -0.4 is 0 Å². The Labute approximate surface area is 128 Å². The number of carbonyl (C=O) groups excluding carboxylic acids is 2. The largest absolute Gasteiger partial charge is 0.380 e. The predicted molar refractivity (Wildman–Crippen MR) is 76.7 cm³/mol. The van der Waals surface area contributed by atoms with Crippen molar-refractivity contribution in [3.63, 3.8) is 0 Å². The van der Waals surface area contributed by atoms with Crippen LogP contribution in [0.1, 0.15) is 31.0 Å². The van der Waals surface area contributed by atoms with E-state index in [9.17, 15) is 9.59 Å². The van der Waals surface area contributed by atoms with Gasteiger partial charge in [-0.1, -0.05) is 0 Å². The van der Waals surface area contributed by atoms with Crippen molar-refractivity contribution in [1.29, 1.82) is 0 Å². The zero-order chi connectivity index (χ0) is 15.9. The summed E-state index contributed by atoms with van der Waals surface area (Å²) in [5.41, 5.74) is 0. The molecule has 2 aliphatic heterocycles. The summed E-state index contributed by atoms with van der Waals surface area (Å²) in [5, 5.41) is 7.02. The van der Waals surface area contributed by atoms with Gasteiger partial charge in [0.2, 0.25) is 11.8 Å². The van der Waals surface area contributed by atoms with Gasteiger partial charge >= 0.3 is 0 Å². The minimum absolute atomic E-state index is 0.00302. The van der Waals surface area contributed by atoms with E-state index < -0.39 is 0 Å². The average molecular weight is 307 g/mol. The number of likely N-dealkylation sites (tertiary alicyclic amines) is 2. The van der Waals surface area contributed by atoms with Crippen LogP contribution in [0.25, 0.3) is 0 Å². The maximum absolute atomic E-state index is 12.7. The van der Waals surface area contributed by atoms with Crippen molar-refractivity contribution in [2.75, 3.05) is 26.7 Å². The van der Waals surface area contributed by atoms with Crippen molar-refractivity contribution < 1.29 is 14.3 Å². The van der Waals surface area contributed by atoms with Gasteiger partial charge in [-0.15, -0.1) is 0 Å². The number of hydrogen-bond donors (Lipinski definition) is 1. The number of hydrogen-bond acceptors (Lipinski definition) is 5. The van der Waals surface area contributed by atoms with Gasteiger partial charge in [0.05, 0.1) is 18.1 Å². The van der Waals surface area contributed by atoms with E-state index in [1.165, 1.54) is 6.92 Å². The molecule has 3 heterocycles. The highest BCUT2D eigenvalue weighted by atomic mass is 16.5. The number of ether oxygens (including phenoxy) is 1. The number of methoxy groups -OCH3 is 1. The number of aromatic nitrogens is 3. The lowest BCUT2D eigenvalue weighted by atomic mass is 9.98. The zero-order valence-corrected chi connectivity index (χ0v) is 13.1. The maximum atomic E-state index is 12.7. The van der Waals surface area contributed by atoms with Gasteiger partial charge in [0, 0.05) is 40.1 Å². The standard InChI is InChI=1S/C14H21N5O3/c1-8-15-13(17-16-8)12-4-11(22-3)7-19(12)14(21)10-5-18(6-10)9(2)20/h10-12H,4-7H2,1-3H3,(H,15,16,17)/t11-,12+/m1/s1. The third kappa shape index (κ3) is 2.58. The molecule has 0 radical (unpaired) electrons. The Morgan fingerprint density at radius 2 is 2.05 bits per heavy atom. The molecule has 22 heavy (non-hydrogen) atoms. The van der Waals surface area contributed by atoms with Gasteiger partial charge in [0.1, 0.15) is 5.82 Å². The monoisotopic (exact) mass is 307 g/mol. The Kier molecular flexibility index (Phi) is 3.86. The number of aryl methyl sites for hydroxylation is 1. The highest BCUT2D eigenvalue weighted by Gasteiger charge is 2.44. The molecule has 2 fully saturated rings. The molecule has 3 rings (SSSR count). The van der Waals surface area contributed by atoms with E-state index in [1.807, 2.05) is 6.92 Å². The quantitative estimate of drug-likeness (QED) is 0.840. The van der Waals surface area contributed by atoms with Crippen LogP contribution in [-0.2, 0) is 14.3 Å². The fourth-order valence-corrected chi connectivity index (χ4v) is 3.09. The van der Waals surface area contributed by atoms with E-state index >= 15 is 0 Å². The fourth-order valence-electron chi connectivity index (χ4n) is 3.09. The van der Waals surface area contributed by atoms with Crippen molar-refractivity contribution >= 4 is 11.8 Å². The van der Waals surface area contributed by atoms with Gasteiger partial charge in [0.15, 0.2) is 5.82 Å². The summed E-state index contributed by atoms with van der Waals surface area (Å²) in [6.07, 6.45) is 0.694. The summed E-state index contributed by atoms with van der Waals surface area (Å²) in [7, 11) is 1.65. The Morgan fingerprint density at radius 1 is 1.32 bits per heavy atom. The van der Waals surface area contributed by atoms with E-state index in [0.29, 0.717) is 31.9 Å². The fraction of sp³-hybridized carbons (Fsp3) is 0.714. The van der Waals surface area contributed by atoms with Crippen LogP contribution in [0, 0.1) is 12.8 Å². The second-order valence-corrected chi connectivity index (χ2v) is 6.00. The number of amides is 2. The molecule has 1 aromatic heterocycles. The van der Waals surface area contributed by atoms with Crippen LogP contribution >= 0.6 is 0 Å². The first-order chi connectivity index (χ1) is 10.5. The first kappa shape index (κ1) is 15.0. The third-order valence-corrected chi connectivity index (χ3v) is 4.47. The second-order valence-electron chi connectivity index (χ2n) is 6.00. The molecular formula is C14H21N5O3. The molecule has 2 atom stereocenters. The van der Waals surface area contributed by atoms with Crippen molar-refractivity contribution in [2.45, 2.75) is 32.4 Å². The number of nitrogens with one attached hydrogen (secondary N) is 1. The molecule has 8 heteroatoms. The van der Waals surface area contributed by atoms with Crippen molar-refractivity contribution in [1.82, 2.24) is 25.0 Å². The average Bonchev–Trinajstić information content (AvgIpc) is 3.01. The minimum atomic E-state index is -0.159. The molecule has 1 aromatic rings. The summed E-state index contributed by atoms with van der Waals surface area (Å²) < 4.78 is 5.42. The van der Waals surface area contributed by atoms with Gasteiger partial charge in [-0.3, -0.25) is 14.7 Å². The number of carbonyl (C=O) groups is 2. The van der Waals surface area contributed by atoms with Crippen LogP contribution in [0.5, 0.6) is 0 Å². The van der Waals surface area contributed by atoms with Gasteiger partial charge in [-0.2, -0.15) is 5.10 Å². The Hall–Kier alpha value is -1.96. The minimum Gasteiger partial charge on any atom is -0.380 e. The molecule has 2 amide bonds. The van der Waals surface area contributed by atoms with Crippen molar-refractivity contribution in [3.05, 3.63) is 11.6 Å². The molecule has 0 bridgehead atoms. The number of nitrogens with zero attached hydrogens (tertiary/aromatic N) is 4. The van der Waals surface area contributed by atoms with Crippen LogP contribution in [0.2, 0.25) is 0 Å². The predicted octanol–water partition coefficient (Wildman–Crippen LogP) is -0.120. The molecule has 2 aliphatic rings.